The summed E-state index contributed by atoms with van der Waals surface area (Å²) in [5.74, 6) is 0.424. The Bertz CT molecular complexity index is 462. The fourth-order valence-corrected chi connectivity index (χ4v) is 1.87. The number of hydrogen-bond donors (Lipinski definition) is 2. The SMILES string of the molecule is Cc1cccc(-c2nc(N)[nH]c2Br)c1. The van der Waals surface area contributed by atoms with Gasteiger partial charge in [0.15, 0.2) is 5.95 Å². The fourth-order valence-electron chi connectivity index (χ4n) is 1.35. The van der Waals surface area contributed by atoms with Gasteiger partial charge in [-0.2, -0.15) is 0 Å². The molecule has 4 heteroatoms. The van der Waals surface area contributed by atoms with Crippen molar-refractivity contribution in [2.24, 2.45) is 0 Å². The molecule has 1 aromatic heterocycles. The molecule has 0 fully saturated rings. The van der Waals surface area contributed by atoms with E-state index < -0.39 is 0 Å². The van der Waals surface area contributed by atoms with Crippen LogP contribution in [0.4, 0.5) is 5.95 Å². The minimum absolute atomic E-state index is 0.424. The molecule has 72 valence electrons. The Morgan fingerprint density at radius 3 is 2.79 bits per heavy atom. The van der Waals surface area contributed by atoms with Gasteiger partial charge in [0.25, 0.3) is 0 Å². The van der Waals surface area contributed by atoms with E-state index in [4.69, 9.17) is 5.73 Å². The van der Waals surface area contributed by atoms with Crippen molar-refractivity contribution in [3.05, 3.63) is 34.4 Å². The average molecular weight is 252 g/mol. The lowest BCUT2D eigenvalue weighted by atomic mass is 10.1. The van der Waals surface area contributed by atoms with Gasteiger partial charge in [0.05, 0.1) is 0 Å². The van der Waals surface area contributed by atoms with Crippen molar-refractivity contribution >= 4 is 21.9 Å². The van der Waals surface area contributed by atoms with Crippen LogP contribution in [0.1, 0.15) is 5.56 Å². The number of aromatic amines is 1. The van der Waals surface area contributed by atoms with E-state index in [1.54, 1.807) is 0 Å². The van der Waals surface area contributed by atoms with Crippen LogP contribution in [-0.4, -0.2) is 9.97 Å². The summed E-state index contributed by atoms with van der Waals surface area (Å²) < 4.78 is 0.820. The van der Waals surface area contributed by atoms with Crippen molar-refractivity contribution in [3.8, 4) is 11.3 Å². The molecule has 0 aliphatic rings. The second kappa shape index (κ2) is 3.46. The van der Waals surface area contributed by atoms with Crippen molar-refractivity contribution in [2.45, 2.75) is 6.92 Å². The van der Waals surface area contributed by atoms with Crippen LogP contribution < -0.4 is 5.73 Å². The van der Waals surface area contributed by atoms with Gasteiger partial charge < -0.3 is 10.7 Å². The Kier molecular flexibility index (Phi) is 2.29. The van der Waals surface area contributed by atoms with Crippen molar-refractivity contribution in [1.29, 1.82) is 0 Å². The average Bonchev–Trinajstić information content (AvgIpc) is 2.45. The van der Waals surface area contributed by atoms with Crippen LogP contribution >= 0.6 is 15.9 Å². The Morgan fingerprint density at radius 1 is 1.43 bits per heavy atom. The summed E-state index contributed by atoms with van der Waals surface area (Å²) in [7, 11) is 0. The number of nitrogen functional groups attached to an aromatic ring is 1. The van der Waals surface area contributed by atoms with E-state index >= 15 is 0 Å². The second-order valence-corrected chi connectivity index (χ2v) is 3.95. The van der Waals surface area contributed by atoms with Crippen molar-refractivity contribution in [1.82, 2.24) is 9.97 Å². The smallest absolute Gasteiger partial charge is 0.198 e. The molecule has 1 heterocycles. The molecule has 0 saturated heterocycles. The van der Waals surface area contributed by atoms with Crippen LogP contribution in [0.25, 0.3) is 11.3 Å². The zero-order chi connectivity index (χ0) is 10.1. The van der Waals surface area contributed by atoms with Crippen LogP contribution in [0, 0.1) is 6.92 Å². The summed E-state index contributed by atoms with van der Waals surface area (Å²) in [5.41, 5.74) is 8.68. The predicted molar refractivity (Wildman–Crippen MR) is 60.9 cm³/mol. The molecule has 1 aromatic carbocycles. The van der Waals surface area contributed by atoms with Gasteiger partial charge >= 0.3 is 0 Å². The Labute approximate surface area is 90.5 Å². The molecule has 0 atom stereocenters. The van der Waals surface area contributed by atoms with Crippen molar-refractivity contribution in [3.63, 3.8) is 0 Å². The molecule has 0 spiro atoms. The van der Waals surface area contributed by atoms with Crippen LogP contribution in [0.3, 0.4) is 0 Å². The van der Waals surface area contributed by atoms with Gasteiger partial charge in [-0.3, -0.25) is 0 Å². The normalized spacial score (nSPS) is 10.4. The first-order valence-corrected chi connectivity index (χ1v) is 5.04. The van der Waals surface area contributed by atoms with Gasteiger partial charge in [0, 0.05) is 5.56 Å². The third kappa shape index (κ3) is 1.65. The van der Waals surface area contributed by atoms with Crippen molar-refractivity contribution < 1.29 is 0 Å². The number of nitrogens with one attached hydrogen (secondary N) is 1. The summed E-state index contributed by atoms with van der Waals surface area (Å²) in [6, 6.07) is 8.13. The molecule has 14 heavy (non-hydrogen) atoms. The van der Waals surface area contributed by atoms with E-state index in [-0.39, 0.29) is 0 Å². The summed E-state index contributed by atoms with van der Waals surface area (Å²) in [6.45, 7) is 2.05. The highest BCUT2D eigenvalue weighted by Gasteiger charge is 2.07. The van der Waals surface area contributed by atoms with Gasteiger partial charge in [-0.25, -0.2) is 4.98 Å². The Balaban J connectivity index is 2.54. The molecule has 0 saturated carbocycles. The number of rotatable bonds is 1. The largest absolute Gasteiger partial charge is 0.369 e. The molecule has 0 amide bonds. The lowest BCUT2D eigenvalue weighted by Crippen LogP contribution is -1.85. The maximum absolute atomic E-state index is 5.56. The third-order valence-corrected chi connectivity index (χ3v) is 2.54. The number of anilines is 1. The molecule has 0 aliphatic carbocycles. The molecule has 0 radical (unpaired) electrons. The summed E-state index contributed by atoms with van der Waals surface area (Å²) in [6.07, 6.45) is 0. The number of aromatic nitrogens is 2. The highest BCUT2D eigenvalue weighted by Crippen LogP contribution is 2.26. The highest BCUT2D eigenvalue weighted by atomic mass is 79.9. The number of hydrogen-bond acceptors (Lipinski definition) is 2. The monoisotopic (exact) mass is 251 g/mol. The van der Waals surface area contributed by atoms with Crippen LogP contribution in [-0.2, 0) is 0 Å². The Morgan fingerprint density at radius 2 is 2.21 bits per heavy atom. The predicted octanol–water partition coefficient (Wildman–Crippen LogP) is 2.73. The van der Waals surface area contributed by atoms with Gasteiger partial charge in [-0.15, -0.1) is 0 Å². The summed E-state index contributed by atoms with van der Waals surface area (Å²) in [4.78, 5) is 7.11. The maximum Gasteiger partial charge on any atom is 0.198 e. The molecule has 2 aromatic rings. The first-order chi connectivity index (χ1) is 6.66. The van der Waals surface area contributed by atoms with Gasteiger partial charge in [-0.1, -0.05) is 23.8 Å². The van der Waals surface area contributed by atoms with Gasteiger partial charge in [0.1, 0.15) is 10.3 Å². The lowest BCUT2D eigenvalue weighted by Gasteiger charge is -1.98. The number of nitrogens with two attached hydrogens (primary N) is 1. The van der Waals surface area contributed by atoms with Crippen LogP contribution in [0.15, 0.2) is 28.9 Å². The number of H-pyrrole nitrogens is 1. The van der Waals surface area contributed by atoms with E-state index in [9.17, 15) is 0 Å². The zero-order valence-electron chi connectivity index (χ0n) is 7.71. The molecular formula is C10H10BrN3. The topological polar surface area (TPSA) is 54.7 Å². The minimum atomic E-state index is 0.424. The molecule has 0 aliphatic heterocycles. The molecule has 3 nitrogen and oxygen atoms in total. The van der Waals surface area contributed by atoms with E-state index in [0.29, 0.717) is 5.95 Å². The second-order valence-electron chi connectivity index (χ2n) is 3.15. The highest BCUT2D eigenvalue weighted by molar-refractivity contribution is 9.10. The summed E-state index contributed by atoms with van der Waals surface area (Å²) in [5, 5.41) is 0. The number of benzene rings is 1. The van der Waals surface area contributed by atoms with E-state index in [0.717, 1.165) is 15.9 Å². The van der Waals surface area contributed by atoms with E-state index in [1.165, 1.54) is 5.56 Å². The molecule has 0 bridgehead atoms. The number of aryl methyl sites for hydroxylation is 1. The van der Waals surface area contributed by atoms with Crippen LogP contribution in [0.5, 0.6) is 0 Å². The number of imidazole rings is 1. The van der Waals surface area contributed by atoms with Crippen LogP contribution in [0.2, 0.25) is 0 Å². The number of halogens is 1. The third-order valence-electron chi connectivity index (χ3n) is 1.97. The standard InChI is InChI=1S/C10H10BrN3/c1-6-3-2-4-7(5-6)8-9(11)14-10(12)13-8/h2-5H,1H3,(H3,12,13,14). The van der Waals surface area contributed by atoms with E-state index in [2.05, 4.69) is 32.0 Å². The molecule has 0 unspecified atom stereocenters. The quantitative estimate of drug-likeness (QED) is 0.819. The lowest BCUT2D eigenvalue weighted by molar-refractivity contribution is 1.31. The first-order valence-electron chi connectivity index (χ1n) is 4.25. The fraction of sp³-hybridized carbons (Fsp3) is 0.100. The molecule has 3 N–H and O–H groups in total. The van der Waals surface area contributed by atoms with E-state index in [1.807, 2.05) is 25.1 Å². The molecule has 2 rings (SSSR count). The summed E-state index contributed by atoms with van der Waals surface area (Å²) >= 11 is 3.38. The Hall–Kier alpha value is -1.29. The number of nitrogens with zero attached hydrogens (tertiary/aromatic N) is 1. The molecular weight excluding hydrogens is 242 g/mol. The first kappa shape index (κ1) is 9.27. The minimum Gasteiger partial charge on any atom is -0.369 e. The van der Waals surface area contributed by atoms with Gasteiger partial charge in [0.2, 0.25) is 0 Å². The van der Waals surface area contributed by atoms with Gasteiger partial charge in [-0.05, 0) is 28.9 Å². The maximum atomic E-state index is 5.56. The zero-order valence-corrected chi connectivity index (χ0v) is 9.30. The van der Waals surface area contributed by atoms with Crippen molar-refractivity contribution in [2.75, 3.05) is 5.73 Å².